The van der Waals surface area contributed by atoms with E-state index in [1.165, 1.54) is 0 Å². The van der Waals surface area contributed by atoms with Crippen molar-refractivity contribution >= 4 is 39.9 Å². The van der Waals surface area contributed by atoms with Gasteiger partial charge in [-0.25, -0.2) is 0 Å². The van der Waals surface area contributed by atoms with E-state index in [0.29, 0.717) is 24.6 Å². The summed E-state index contributed by atoms with van der Waals surface area (Å²) in [4.78, 5) is 12.0. The molecule has 2 rings (SSSR count). The number of amides is 1. The summed E-state index contributed by atoms with van der Waals surface area (Å²) in [5, 5.41) is 5.94. The number of hydrogen-bond donors (Lipinski definition) is 2. The average Bonchev–Trinajstić information content (AvgIpc) is 2.42. The third kappa shape index (κ3) is 4.35. The van der Waals surface area contributed by atoms with Crippen LogP contribution in [0.25, 0.3) is 0 Å². The number of anilines is 1. The average molecular weight is 352 g/mol. The summed E-state index contributed by atoms with van der Waals surface area (Å²) in [7, 11) is 1.59. The number of carbonyl (C=O) groups excluding carboxylic acids is 1. The molecule has 0 bridgehead atoms. The van der Waals surface area contributed by atoms with Crippen molar-refractivity contribution in [2.45, 2.75) is 6.10 Å². The van der Waals surface area contributed by atoms with Gasteiger partial charge >= 0.3 is 0 Å². The van der Waals surface area contributed by atoms with E-state index in [2.05, 4.69) is 26.6 Å². The molecule has 1 saturated heterocycles. The van der Waals surface area contributed by atoms with E-state index in [9.17, 15) is 4.79 Å². The molecule has 1 aliphatic rings. The van der Waals surface area contributed by atoms with E-state index in [-0.39, 0.29) is 18.3 Å². The molecule has 1 aromatic carbocycles. The molecular formula is C12H16BrClN2O3. The molecule has 1 aromatic rings. The first kappa shape index (κ1) is 16.2. The summed E-state index contributed by atoms with van der Waals surface area (Å²) >= 11 is 3.39. The molecule has 0 aliphatic carbocycles. The fourth-order valence-electron chi connectivity index (χ4n) is 1.67. The van der Waals surface area contributed by atoms with E-state index in [1.54, 1.807) is 13.2 Å². The third-order valence-electron chi connectivity index (χ3n) is 2.65. The Kier molecular flexibility index (Phi) is 6.57. The van der Waals surface area contributed by atoms with E-state index in [4.69, 9.17) is 9.47 Å². The standard InChI is InChI=1S/C12H15BrN2O3.ClH/c1-17-8-2-3-9(13)10(6-8)15-12(16)11-7-14-4-5-18-11;/h2-3,6,11,14H,4-5,7H2,1H3,(H,15,16);1H/t11-;/m1./s1. The predicted octanol–water partition coefficient (Wildman–Crippen LogP) is 1.81. The van der Waals surface area contributed by atoms with Crippen molar-refractivity contribution in [2.24, 2.45) is 0 Å². The molecule has 1 amide bonds. The molecule has 5 nitrogen and oxygen atoms in total. The predicted molar refractivity (Wildman–Crippen MR) is 79.2 cm³/mol. The van der Waals surface area contributed by atoms with Crippen molar-refractivity contribution in [2.75, 3.05) is 32.1 Å². The minimum Gasteiger partial charge on any atom is -0.497 e. The van der Waals surface area contributed by atoms with Crippen LogP contribution in [0.4, 0.5) is 5.69 Å². The molecule has 1 aliphatic heterocycles. The Labute approximate surface area is 126 Å². The Bertz CT molecular complexity index is 439. The number of methoxy groups -OCH3 is 1. The number of benzene rings is 1. The molecule has 0 spiro atoms. The lowest BCUT2D eigenvalue weighted by atomic mass is 10.2. The van der Waals surface area contributed by atoms with Crippen LogP contribution in [0, 0.1) is 0 Å². The highest BCUT2D eigenvalue weighted by Gasteiger charge is 2.22. The van der Waals surface area contributed by atoms with Crippen LogP contribution in [-0.4, -0.2) is 38.8 Å². The largest absolute Gasteiger partial charge is 0.497 e. The van der Waals surface area contributed by atoms with Crippen molar-refractivity contribution in [1.29, 1.82) is 0 Å². The molecule has 1 atom stereocenters. The number of carbonyl (C=O) groups is 1. The zero-order valence-corrected chi connectivity index (χ0v) is 12.8. The normalized spacial score (nSPS) is 18.3. The van der Waals surface area contributed by atoms with Gasteiger partial charge in [0.05, 0.1) is 19.4 Å². The molecule has 1 heterocycles. The Morgan fingerprint density at radius 3 is 3.00 bits per heavy atom. The van der Waals surface area contributed by atoms with Crippen LogP contribution in [0.2, 0.25) is 0 Å². The fourth-order valence-corrected chi connectivity index (χ4v) is 2.02. The van der Waals surface area contributed by atoms with Gasteiger partial charge in [0, 0.05) is 23.6 Å². The van der Waals surface area contributed by atoms with Crippen molar-refractivity contribution in [3.8, 4) is 5.75 Å². The smallest absolute Gasteiger partial charge is 0.254 e. The molecule has 1 fully saturated rings. The Hall–Kier alpha value is -0.820. The van der Waals surface area contributed by atoms with E-state index >= 15 is 0 Å². The Morgan fingerprint density at radius 1 is 1.58 bits per heavy atom. The lowest BCUT2D eigenvalue weighted by molar-refractivity contribution is -0.128. The number of halogens is 2. The van der Waals surface area contributed by atoms with Crippen LogP contribution in [0.3, 0.4) is 0 Å². The van der Waals surface area contributed by atoms with Gasteiger partial charge < -0.3 is 20.1 Å². The number of rotatable bonds is 3. The second-order valence-electron chi connectivity index (χ2n) is 3.90. The third-order valence-corrected chi connectivity index (χ3v) is 3.34. The van der Waals surface area contributed by atoms with Gasteiger partial charge in [0.1, 0.15) is 11.9 Å². The molecular weight excluding hydrogens is 336 g/mol. The Morgan fingerprint density at radius 2 is 2.37 bits per heavy atom. The molecule has 7 heteroatoms. The maximum absolute atomic E-state index is 12.0. The minimum absolute atomic E-state index is 0. The van der Waals surface area contributed by atoms with Crippen molar-refractivity contribution < 1.29 is 14.3 Å². The van der Waals surface area contributed by atoms with Gasteiger partial charge in [-0.15, -0.1) is 12.4 Å². The summed E-state index contributed by atoms with van der Waals surface area (Å²) in [6.07, 6.45) is -0.447. The van der Waals surface area contributed by atoms with Gasteiger partial charge in [-0.1, -0.05) is 0 Å². The number of hydrogen-bond acceptors (Lipinski definition) is 4. The first-order valence-corrected chi connectivity index (χ1v) is 6.46. The van der Waals surface area contributed by atoms with E-state index in [1.807, 2.05) is 12.1 Å². The van der Waals surface area contributed by atoms with Crippen LogP contribution in [-0.2, 0) is 9.53 Å². The molecule has 0 aromatic heterocycles. The molecule has 0 saturated carbocycles. The number of ether oxygens (including phenoxy) is 2. The SMILES string of the molecule is COc1ccc(Br)c(NC(=O)[C@H]2CNCCO2)c1.Cl. The minimum atomic E-state index is -0.447. The van der Waals surface area contributed by atoms with Gasteiger partial charge in [0.25, 0.3) is 5.91 Å². The van der Waals surface area contributed by atoms with Crippen molar-refractivity contribution in [3.63, 3.8) is 0 Å². The zero-order chi connectivity index (χ0) is 13.0. The quantitative estimate of drug-likeness (QED) is 0.872. The first-order valence-electron chi connectivity index (χ1n) is 5.67. The van der Waals surface area contributed by atoms with Gasteiger partial charge in [0.2, 0.25) is 0 Å². The topological polar surface area (TPSA) is 59.6 Å². The van der Waals surface area contributed by atoms with Crippen LogP contribution in [0.15, 0.2) is 22.7 Å². The number of morpholine rings is 1. The maximum atomic E-state index is 12.0. The molecule has 0 unspecified atom stereocenters. The van der Waals surface area contributed by atoms with Crippen LogP contribution in [0.5, 0.6) is 5.75 Å². The summed E-state index contributed by atoms with van der Waals surface area (Å²) in [6.45, 7) is 1.87. The second-order valence-corrected chi connectivity index (χ2v) is 4.75. The first-order chi connectivity index (χ1) is 8.70. The summed E-state index contributed by atoms with van der Waals surface area (Å²) < 4.78 is 11.3. The van der Waals surface area contributed by atoms with E-state index < -0.39 is 6.10 Å². The monoisotopic (exact) mass is 350 g/mol. The maximum Gasteiger partial charge on any atom is 0.254 e. The summed E-state index contributed by atoms with van der Waals surface area (Å²) in [5.74, 6) is 0.535. The molecule has 19 heavy (non-hydrogen) atoms. The van der Waals surface area contributed by atoms with E-state index in [0.717, 1.165) is 11.0 Å². The lowest BCUT2D eigenvalue weighted by Crippen LogP contribution is -2.45. The fraction of sp³-hybridized carbons (Fsp3) is 0.417. The lowest BCUT2D eigenvalue weighted by Gasteiger charge is -2.23. The van der Waals surface area contributed by atoms with Crippen LogP contribution in [0.1, 0.15) is 0 Å². The molecule has 106 valence electrons. The van der Waals surface area contributed by atoms with Gasteiger partial charge in [-0.3, -0.25) is 4.79 Å². The highest BCUT2D eigenvalue weighted by Crippen LogP contribution is 2.27. The summed E-state index contributed by atoms with van der Waals surface area (Å²) in [5.41, 5.74) is 0.675. The van der Waals surface area contributed by atoms with Crippen molar-refractivity contribution in [3.05, 3.63) is 22.7 Å². The second kappa shape index (κ2) is 7.69. The number of nitrogens with one attached hydrogen (secondary N) is 2. The Balaban J connectivity index is 0.00000180. The summed E-state index contributed by atoms with van der Waals surface area (Å²) in [6, 6.07) is 5.41. The van der Waals surface area contributed by atoms with Crippen molar-refractivity contribution in [1.82, 2.24) is 5.32 Å². The van der Waals surface area contributed by atoms with Crippen LogP contribution >= 0.6 is 28.3 Å². The highest BCUT2D eigenvalue weighted by molar-refractivity contribution is 9.10. The highest BCUT2D eigenvalue weighted by atomic mass is 79.9. The van der Waals surface area contributed by atoms with Crippen LogP contribution < -0.4 is 15.4 Å². The zero-order valence-electron chi connectivity index (χ0n) is 10.4. The van der Waals surface area contributed by atoms with Gasteiger partial charge in [0.15, 0.2) is 0 Å². The van der Waals surface area contributed by atoms with Gasteiger partial charge in [-0.2, -0.15) is 0 Å². The molecule has 2 N–H and O–H groups in total. The van der Waals surface area contributed by atoms with Gasteiger partial charge in [-0.05, 0) is 28.1 Å². The molecule has 0 radical (unpaired) electrons.